The standard InChI is InChI=1S/C19H28FN3O3S/c1-5-6-15(4)26-10-16(8-7-14(3)20)23-17-9-13(2)18(19(24)25)27-12-21-11-22-17/h7-9,11,14-15H,5-6,10,12H2,1-4H3,(H,21,22)(H,24,25)/b8-7-,17-9-,18-13-,23-16+. The van der Waals surface area contributed by atoms with Crippen LogP contribution in [0.5, 0.6) is 0 Å². The van der Waals surface area contributed by atoms with E-state index in [-0.39, 0.29) is 17.6 Å². The van der Waals surface area contributed by atoms with Crippen molar-refractivity contribution >= 4 is 29.8 Å². The van der Waals surface area contributed by atoms with Crippen molar-refractivity contribution in [2.75, 3.05) is 12.5 Å². The Morgan fingerprint density at radius 3 is 2.93 bits per heavy atom. The maximum atomic E-state index is 13.2. The molecule has 0 aromatic heterocycles. The molecule has 0 amide bonds. The number of hydrogen-bond acceptors (Lipinski definition) is 6. The molecule has 2 unspecified atom stereocenters. The van der Waals surface area contributed by atoms with Crippen LogP contribution in [0.4, 0.5) is 4.39 Å². The Bertz CT molecular complexity index is 655. The van der Waals surface area contributed by atoms with Crippen molar-refractivity contribution < 1.29 is 19.0 Å². The van der Waals surface area contributed by atoms with E-state index in [1.54, 1.807) is 19.1 Å². The Kier molecular flexibility index (Phi) is 10.7. The monoisotopic (exact) mass is 397 g/mol. The third-order valence-electron chi connectivity index (χ3n) is 3.52. The first-order valence-electron chi connectivity index (χ1n) is 8.88. The van der Waals surface area contributed by atoms with E-state index in [0.29, 0.717) is 23.0 Å². The molecule has 8 heteroatoms. The topological polar surface area (TPSA) is 83.3 Å². The molecule has 1 heterocycles. The number of carboxylic acids is 1. The normalized spacial score (nSPS) is 23.0. The maximum absolute atomic E-state index is 13.2. The third kappa shape index (κ3) is 9.53. The van der Waals surface area contributed by atoms with Crippen LogP contribution in [0.2, 0.25) is 0 Å². The molecule has 0 aromatic carbocycles. The number of carboxylic acid groups (broad SMARTS) is 1. The summed E-state index contributed by atoms with van der Waals surface area (Å²) >= 11 is 1.14. The molecule has 1 aliphatic heterocycles. The first-order chi connectivity index (χ1) is 12.8. The van der Waals surface area contributed by atoms with Gasteiger partial charge in [-0.25, -0.2) is 14.2 Å². The molecule has 27 heavy (non-hydrogen) atoms. The number of hydrogen-bond donors (Lipinski definition) is 2. The smallest absolute Gasteiger partial charge is 0.342 e. The maximum Gasteiger partial charge on any atom is 0.342 e. The fraction of sp³-hybridized carbons (Fsp3) is 0.526. The van der Waals surface area contributed by atoms with Gasteiger partial charge in [0.2, 0.25) is 0 Å². The molecule has 0 bridgehead atoms. The molecular weight excluding hydrogens is 369 g/mol. The van der Waals surface area contributed by atoms with E-state index in [0.717, 1.165) is 24.6 Å². The number of alkyl halides is 1. The van der Waals surface area contributed by atoms with E-state index >= 15 is 0 Å². The molecule has 0 radical (unpaired) electrons. The molecule has 0 aliphatic carbocycles. The second-order valence-corrected chi connectivity index (χ2v) is 7.08. The summed E-state index contributed by atoms with van der Waals surface area (Å²) in [6.45, 7) is 7.43. The average molecular weight is 398 g/mol. The van der Waals surface area contributed by atoms with Gasteiger partial charge in [0.25, 0.3) is 0 Å². The van der Waals surface area contributed by atoms with Gasteiger partial charge in [-0.1, -0.05) is 25.1 Å². The van der Waals surface area contributed by atoms with Crippen LogP contribution >= 0.6 is 11.8 Å². The highest BCUT2D eigenvalue weighted by Crippen LogP contribution is 2.22. The van der Waals surface area contributed by atoms with Crippen LogP contribution in [0, 0.1) is 0 Å². The molecule has 150 valence electrons. The quantitative estimate of drug-likeness (QED) is 0.573. The van der Waals surface area contributed by atoms with E-state index in [2.05, 4.69) is 22.2 Å². The fourth-order valence-electron chi connectivity index (χ4n) is 2.21. The van der Waals surface area contributed by atoms with Crippen LogP contribution in [0.3, 0.4) is 0 Å². The number of halogens is 1. The summed E-state index contributed by atoms with van der Waals surface area (Å²) in [7, 11) is 0. The van der Waals surface area contributed by atoms with Gasteiger partial charge >= 0.3 is 5.97 Å². The van der Waals surface area contributed by atoms with Gasteiger partial charge in [0.1, 0.15) is 12.0 Å². The molecule has 0 fully saturated rings. The highest BCUT2D eigenvalue weighted by Gasteiger charge is 2.13. The van der Waals surface area contributed by atoms with Crippen LogP contribution in [0.15, 0.2) is 44.5 Å². The number of carbonyl (C=O) groups is 1. The van der Waals surface area contributed by atoms with Gasteiger partial charge in [-0.05, 0) is 51.0 Å². The van der Waals surface area contributed by atoms with E-state index < -0.39 is 12.1 Å². The van der Waals surface area contributed by atoms with Crippen molar-refractivity contribution in [3.05, 3.63) is 34.5 Å². The Morgan fingerprint density at radius 2 is 2.30 bits per heavy atom. The van der Waals surface area contributed by atoms with E-state index in [1.807, 2.05) is 6.92 Å². The van der Waals surface area contributed by atoms with Crippen LogP contribution in [0.25, 0.3) is 0 Å². The summed E-state index contributed by atoms with van der Waals surface area (Å²) in [5.74, 6) is -0.298. The summed E-state index contributed by atoms with van der Waals surface area (Å²) < 4.78 is 19.0. The Labute approximate surface area is 164 Å². The lowest BCUT2D eigenvalue weighted by atomic mass is 10.2. The van der Waals surface area contributed by atoms with Crippen LogP contribution in [-0.2, 0) is 9.53 Å². The SMILES string of the molecule is CCCC(C)OCC(/C=C\C(C)F)=N/C1=C\C(C)=C(\C(=O)O)SCN=CN1. The molecule has 0 saturated carbocycles. The van der Waals surface area contributed by atoms with Crippen LogP contribution in [-0.4, -0.2) is 47.9 Å². The zero-order valence-corrected chi connectivity index (χ0v) is 17.1. The first-order valence-corrected chi connectivity index (χ1v) is 9.87. The summed E-state index contributed by atoms with van der Waals surface area (Å²) in [5.41, 5.74) is 1.10. The molecule has 0 spiro atoms. The first kappa shape index (κ1) is 23.1. The second kappa shape index (κ2) is 12.5. The van der Waals surface area contributed by atoms with Crippen molar-refractivity contribution in [3.8, 4) is 0 Å². The Morgan fingerprint density at radius 1 is 1.56 bits per heavy atom. The minimum absolute atomic E-state index is 0.0667. The van der Waals surface area contributed by atoms with E-state index in [9.17, 15) is 14.3 Å². The van der Waals surface area contributed by atoms with Crippen molar-refractivity contribution in [2.45, 2.75) is 52.8 Å². The molecule has 6 nitrogen and oxygen atoms in total. The minimum atomic E-state index is -1.11. The van der Waals surface area contributed by atoms with Crippen molar-refractivity contribution in [2.24, 2.45) is 9.98 Å². The van der Waals surface area contributed by atoms with Gasteiger partial charge in [-0.15, -0.1) is 0 Å². The average Bonchev–Trinajstić information content (AvgIpc) is 2.67. The summed E-state index contributed by atoms with van der Waals surface area (Å²) in [6.07, 6.45) is 6.98. The van der Waals surface area contributed by atoms with E-state index in [1.165, 1.54) is 19.3 Å². The van der Waals surface area contributed by atoms with Crippen molar-refractivity contribution in [1.29, 1.82) is 0 Å². The van der Waals surface area contributed by atoms with Gasteiger partial charge in [0.15, 0.2) is 0 Å². The molecule has 0 saturated heterocycles. The zero-order chi connectivity index (χ0) is 20.2. The van der Waals surface area contributed by atoms with Gasteiger partial charge in [-0.2, -0.15) is 0 Å². The summed E-state index contributed by atoms with van der Waals surface area (Å²) in [4.78, 5) is 20.2. The predicted octanol–water partition coefficient (Wildman–Crippen LogP) is 4.07. The number of allylic oxidation sites excluding steroid dienone is 3. The third-order valence-corrected chi connectivity index (χ3v) is 4.59. The number of thioether (sulfide) groups is 1. The number of aliphatic carboxylic acids is 1. The van der Waals surface area contributed by atoms with Gasteiger partial charge in [-0.3, -0.25) is 4.99 Å². The van der Waals surface area contributed by atoms with Crippen molar-refractivity contribution in [3.63, 3.8) is 0 Å². The zero-order valence-electron chi connectivity index (χ0n) is 16.2. The second-order valence-electron chi connectivity index (χ2n) is 6.13. The number of rotatable bonds is 9. The van der Waals surface area contributed by atoms with Crippen LogP contribution < -0.4 is 5.32 Å². The van der Waals surface area contributed by atoms with Crippen LogP contribution in [0.1, 0.15) is 40.5 Å². The molecule has 1 rings (SSSR count). The lowest BCUT2D eigenvalue weighted by Gasteiger charge is -2.12. The number of ether oxygens (including phenoxy) is 1. The molecular formula is C19H28FN3O3S. The number of nitrogens with one attached hydrogen (secondary N) is 1. The number of nitrogens with zero attached hydrogens (tertiary/aromatic N) is 2. The lowest BCUT2D eigenvalue weighted by Crippen LogP contribution is -2.17. The fourth-order valence-corrected chi connectivity index (χ4v) is 2.89. The molecule has 1 aliphatic rings. The van der Waals surface area contributed by atoms with Crippen molar-refractivity contribution in [1.82, 2.24) is 5.32 Å². The largest absolute Gasteiger partial charge is 0.477 e. The molecule has 0 aromatic rings. The highest BCUT2D eigenvalue weighted by molar-refractivity contribution is 8.03. The van der Waals surface area contributed by atoms with Gasteiger partial charge in [0.05, 0.1) is 35.5 Å². The number of aliphatic imine (C=N–C) groups is 2. The Hall–Kier alpha value is -1.93. The van der Waals surface area contributed by atoms with Gasteiger partial charge < -0.3 is 15.2 Å². The van der Waals surface area contributed by atoms with E-state index in [4.69, 9.17) is 4.74 Å². The summed E-state index contributed by atoms with van der Waals surface area (Å²) in [6, 6.07) is 0. The molecule has 2 atom stereocenters. The van der Waals surface area contributed by atoms with Gasteiger partial charge in [0, 0.05) is 0 Å². The lowest BCUT2D eigenvalue weighted by molar-refractivity contribution is -0.131. The Balaban J connectivity index is 3.15. The highest BCUT2D eigenvalue weighted by atomic mass is 32.2. The minimum Gasteiger partial charge on any atom is -0.477 e. The molecule has 2 N–H and O–H groups in total. The summed E-state index contributed by atoms with van der Waals surface area (Å²) in [5, 5.41) is 12.3. The predicted molar refractivity (Wildman–Crippen MR) is 110 cm³/mol.